The minimum Gasteiger partial charge on any atom is -0.378 e. The Bertz CT molecular complexity index is 387. The average Bonchev–Trinajstić information content (AvgIpc) is 3.00. The van der Waals surface area contributed by atoms with Crippen LogP contribution in [0.25, 0.3) is 0 Å². The van der Waals surface area contributed by atoms with E-state index in [0.29, 0.717) is 12.0 Å². The minimum absolute atomic E-state index is 0.152. The molecule has 1 heterocycles. The zero-order chi connectivity index (χ0) is 14.9. The van der Waals surface area contributed by atoms with Crippen LogP contribution in [0, 0.1) is 11.7 Å². The summed E-state index contributed by atoms with van der Waals surface area (Å²) in [6.07, 6.45) is 7.60. The van der Waals surface area contributed by atoms with Crippen LogP contribution in [0.3, 0.4) is 0 Å². The van der Waals surface area contributed by atoms with E-state index in [1.165, 1.54) is 37.7 Å². The lowest BCUT2D eigenvalue weighted by molar-refractivity contribution is 0.101. The van der Waals surface area contributed by atoms with Crippen molar-refractivity contribution in [3.8, 4) is 0 Å². The Morgan fingerprint density at radius 1 is 1.33 bits per heavy atom. The molecule has 1 aromatic rings. The van der Waals surface area contributed by atoms with Gasteiger partial charge in [0.25, 0.3) is 0 Å². The fraction of sp³-hybridized carbons (Fsp3) is 0.667. The molecule has 2 atom stereocenters. The lowest BCUT2D eigenvalue weighted by Gasteiger charge is -2.18. The van der Waals surface area contributed by atoms with Crippen LogP contribution >= 0.6 is 0 Å². The molecule has 2 nitrogen and oxygen atoms in total. The van der Waals surface area contributed by atoms with E-state index in [1.807, 2.05) is 12.1 Å². The van der Waals surface area contributed by atoms with Gasteiger partial charge in [0.2, 0.25) is 0 Å². The van der Waals surface area contributed by atoms with Crippen LogP contribution in [0.2, 0.25) is 0 Å². The van der Waals surface area contributed by atoms with Gasteiger partial charge in [-0.1, -0.05) is 25.5 Å². The number of rotatable bonds is 9. The second-order valence-electron chi connectivity index (χ2n) is 6.07. The van der Waals surface area contributed by atoms with E-state index in [9.17, 15) is 4.39 Å². The first kappa shape index (κ1) is 16.4. The molecule has 0 radical (unpaired) electrons. The number of benzene rings is 1. The molecule has 0 spiro atoms. The summed E-state index contributed by atoms with van der Waals surface area (Å²) in [6, 6.07) is 6.95. The van der Waals surface area contributed by atoms with Crippen LogP contribution in [-0.2, 0) is 11.2 Å². The molecule has 1 saturated heterocycles. The molecule has 1 N–H and O–H groups in total. The maximum atomic E-state index is 13.0. The Balaban J connectivity index is 1.77. The number of halogens is 1. The zero-order valence-corrected chi connectivity index (χ0v) is 13.1. The van der Waals surface area contributed by atoms with Gasteiger partial charge in [0.05, 0.1) is 6.10 Å². The number of hydrogen-bond acceptors (Lipinski definition) is 2. The molecule has 0 aliphatic carbocycles. The second kappa shape index (κ2) is 9.16. The van der Waals surface area contributed by atoms with Crippen LogP contribution in [0.5, 0.6) is 0 Å². The van der Waals surface area contributed by atoms with E-state index in [0.717, 1.165) is 26.1 Å². The molecule has 0 aromatic heterocycles. The third kappa shape index (κ3) is 6.15. The maximum Gasteiger partial charge on any atom is 0.123 e. The first-order chi connectivity index (χ1) is 10.3. The number of nitrogens with one attached hydrogen (secondary N) is 1. The summed E-state index contributed by atoms with van der Waals surface area (Å²) in [5.41, 5.74) is 1.23. The highest BCUT2D eigenvalue weighted by Gasteiger charge is 2.16. The molecule has 1 aliphatic heterocycles. The van der Waals surface area contributed by atoms with Gasteiger partial charge < -0.3 is 10.1 Å². The fourth-order valence-corrected chi connectivity index (χ4v) is 3.08. The van der Waals surface area contributed by atoms with Gasteiger partial charge in [-0.25, -0.2) is 4.39 Å². The number of ether oxygens (including phenoxy) is 1. The summed E-state index contributed by atoms with van der Waals surface area (Å²) < 4.78 is 18.7. The van der Waals surface area contributed by atoms with Crippen LogP contribution in [0.1, 0.15) is 44.6 Å². The standard InChI is InChI=1S/C18H28FNO/c1-2-20-14-16(5-3-6-18-7-4-12-21-18)13-15-8-10-17(19)11-9-15/h8-11,16,18,20H,2-7,12-14H2,1H3. The molecule has 0 bridgehead atoms. The Kier molecular flexibility index (Phi) is 7.17. The van der Waals surface area contributed by atoms with Crippen LogP contribution < -0.4 is 5.32 Å². The summed E-state index contributed by atoms with van der Waals surface area (Å²) in [4.78, 5) is 0. The summed E-state index contributed by atoms with van der Waals surface area (Å²) in [6.45, 7) is 5.13. The summed E-state index contributed by atoms with van der Waals surface area (Å²) in [5.74, 6) is 0.470. The smallest absolute Gasteiger partial charge is 0.123 e. The third-order valence-electron chi connectivity index (χ3n) is 4.28. The molecular weight excluding hydrogens is 265 g/mol. The van der Waals surface area contributed by atoms with E-state index < -0.39 is 0 Å². The molecule has 1 aromatic carbocycles. The van der Waals surface area contributed by atoms with Crippen molar-refractivity contribution in [2.24, 2.45) is 5.92 Å². The second-order valence-corrected chi connectivity index (χ2v) is 6.07. The summed E-state index contributed by atoms with van der Waals surface area (Å²) >= 11 is 0. The minimum atomic E-state index is -0.152. The molecule has 2 unspecified atom stereocenters. The Morgan fingerprint density at radius 2 is 2.14 bits per heavy atom. The Labute approximate surface area is 128 Å². The van der Waals surface area contributed by atoms with Crippen LogP contribution in [-0.4, -0.2) is 25.8 Å². The topological polar surface area (TPSA) is 21.3 Å². The molecule has 0 saturated carbocycles. The van der Waals surface area contributed by atoms with Crippen molar-refractivity contribution in [2.75, 3.05) is 19.7 Å². The third-order valence-corrected chi connectivity index (χ3v) is 4.28. The zero-order valence-electron chi connectivity index (χ0n) is 13.1. The van der Waals surface area contributed by atoms with Crippen molar-refractivity contribution in [2.45, 2.75) is 51.6 Å². The van der Waals surface area contributed by atoms with Crippen molar-refractivity contribution in [3.63, 3.8) is 0 Å². The highest BCUT2D eigenvalue weighted by atomic mass is 19.1. The predicted molar refractivity (Wildman–Crippen MR) is 85.0 cm³/mol. The van der Waals surface area contributed by atoms with Crippen LogP contribution in [0.4, 0.5) is 4.39 Å². The fourth-order valence-electron chi connectivity index (χ4n) is 3.08. The lowest BCUT2D eigenvalue weighted by atomic mass is 9.93. The molecule has 3 heteroatoms. The van der Waals surface area contributed by atoms with Gasteiger partial charge in [0, 0.05) is 6.61 Å². The van der Waals surface area contributed by atoms with Crippen molar-refractivity contribution in [3.05, 3.63) is 35.6 Å². The van der Waals surface area contributed by atoms with Crippen molar-refractivity contribution >= 4 is 0 Å². The van der Waals surface area contributed by atoms with E-state index in [1.54, 1.807) is 12.1 Å². The first-order valence-corrected chi connectivity index (χ1v) is 8.34. The van der Waals surface area contributed by atoms with Gasteiger partial charge in [0.1, 0.15) is 5.82 Å². The van der Waals surface area contributed by atoms with Gasteiger partial charge in [-0.05, 0) is 68.8 Å². The molecule has 21 heavy (non-hydrogen) atoms. The molecule has 118 valence electrons. The summed E-state index contributed by atoms with van der Waals surface area (Å²) in [7, 11) is 0. The van der Waals surface area contributed by atoms with E-state index in [4.69, 9.17) is 4.74 Å². The summed E-state index contributed by atoms with van der Waals surface area (Å²) in [5, 5.41) is 3.45. The van der Waals surface area contributed by atoms with Crippen molar-refractivity contribution in [1.82, 2.24) is 5.32 Å². The quantitative estimate of drug-likeness (QED) is 0.744. The van der Waals surface area contributed by atoms with E-state index >= 15 is 0 Å². The largest absolute Gasteiger partial charge is 0.378 e. The predicted octanol–water partition coefficient (Wildman–Crippen LogP) is 3.94. The van der Waals surface area contributed by atoms with Gasteiger partial charge in [-0.2, -0.15) is 0 Å². The monoisotopic (exact) mass is 293 g/mol. The Hall–Kier alpha value is -0.930. The van der Waals surface area contributed by atoms with Gasteiger partial charge in [-0.15, -0.1) is 0 Å². The van der Waals surface area contributed by atoms with Gasteiger partial charge in [0.15, 0.2) is 0 Å². The first-order valence-electron chi connectivity index (χ1n) is 8.34. The molecular formula is C18H28FNO. The molecule has 2 rings (SSSR count). The molecule has 0 amide bonds. The highest BCUT2D eigenvalue weighted by molar-refractivity contribution is 5.16. The molecule has 1 fully saturated rings. The average molecular weight is 293 g/mol. The van der Waals surface area contributed by atoms with Crippen LogP contribution in [0.15, 0.2) is 24.3 Å². The van der Waals surface area contributed by atoms with Gasteiger partial charge in [-0.3, -0.25) is 0 Å². The van der Waals surface area contributed by atoms with E-state index in [2.05, 4.69) is 12.2 Å². The highest BCUT2D eigenvalue weighted by Crippen LogP contribution is 2.21. The maximum absolute atomic E-state index is 13.0. The normalized spacial score (nSPS) is 19.8. The van der Waals surface area contributed by atoms with Crippen molar-refractivity contribution < 1.29 is 9.13 Å². The molecule has 1 aliphatic rings. The number of hydrogen-bond donors (Lipinski definition) is 1. The van der Waals surface area contributed by atoms with Crippen molar-refractivity contribution in [1.29, 1.82) is 0 Å². The lowest BCUT2D eigenvalue weighted by Crippen LogP contribution is -2.24. The van der Waals surface area contributed by atoms with Gasteiger partial charge >= 0.3 is 0 Å². The SMILES string of the molecule is CCNCC(CCCC1CCCO1)Cc1ccc(F)cc1. The van der Waals surface area contributed by atoms with E-state index in [-0.39, 0.29) is 5.82 Å². The Morgan fingerprint density at radius 3 is 2.81 bits per heavy atom.